The fourth-order valence-corrected chi connectivity index (χ4v) is 3.44. The number of nitrogens with zero attached hydrogens (tertiary/aromatic N) is 1. The molecule has 178 valence electrons. The zero-order valence-corrected chi connectivity index (χ0v) is 19.8. The van der Waals surface area contributed by atoms with Crippen LogP contribution in [-0.2, 0) is 20.8 Å². The average Bonchev–Trinajstić information content (AvgIpc) is 2.69. The normalized spacial score (nSPS) is 14.2. The summed E-state index contributed by atoms with van der Waals surface area (Å²) in [4.78, 5) is 49.0. The fraction of sp³-hybridized carbons (Fsp3) is 0.609. The SMILES string of the molecule is CNC(=O)[C@@H](Cc1ccccc1)NC(=O)[C@@H](NC(=O)[C@H](CC(C)C)C[N+](=O)[O-])C(C)(C)C. The lowest BCUT2D eigenvalue weighted by molar-refractivity contribution is -0.486. The van der Waals surface area contributed by atoms with Crippen molar-refractivity contribution in [2.24, 2.45) is 17.3 Å². The standard InChI is InChI=1S/C23H36N4O5/c1-15(2)12-17(14-27(31)32)20(28)26-19(23(3,4)5)22(30)25-18(21(29)24-6)13-16-10-8-7-9-11-16/h7-11,15,17-19H,12-14H2,1-6H3,(H,24,29)(H,25,30)(H,26,28)/t17-,18-,19-/m1/s1. The molecule has 0 aliphatic rings. The van der Waals surface area contributed by atoms with Crippen LogP contribution < -0.4 is 16.0 Å². The molecule has 3 atom stereocenters. The summed E-state index contributed by atoms with van der Waals surface area (Å²) in [6.45, 7) is 8.62. The number of hydrogen-bond donors (Lipinski definition) is 3. The van der Waals surface area contributed by atoms with Crippen molar-refractivity contribution in [2.75, 3.05) is 13.6 Å². The van der Waals surface area contributed by atoms with Crippen LogP contribution in [0.5, 0.6) is 0 Å². The molecular formula is C23H36N4O5. The molecule has 0 spiro atoms. The molecule has 0 aromatic heterocycles. The highest BCUT2D eigenvalue weighted by Gasteiger charge is 2.37. The molecule has 1 aromatic rings. The Morgan fingerprint density at radius 2 is 1.59 bits per heavy atom. The highest BCUT2D eigenvalue weighted by atomic mass is 16.6. The van der Waals surface area contributed by atoms with Gasteiger partial charge >= 0.3 is 0 Å². The summed E-state index contributed by atoms with van der Waals surface area (Å²) in [5.41, 5.74) is 0.192. The van der Waals surface area contributed by atoms with Crippen LogP contribution in [0.25, 0.3) is 0 Å². The topological polar surface area (TPSA) is 130 Å². The van der Waals surface area contributed by atoms with Crippen LogP contribution in [0, 0.1) is 27.4 Å². The van der Waals surface area contributed by atoms with Crippen molar-refractivity contribution in [1.29, 1.82) is 0 Å². The zero-order valence-electron chi connectivity index (χ0n) is 19.8. The fourth-order valence-electron chi connectivity index (χ4n) is 3.44. The number of carbonyl (C=O) groups is 3. The van der Waals surface area contributed by atoms with E-state index in [1.807, 2.05) is 44.2 Å². The molecule has 0 aliphatic carbocycles. The molecule has 0 aliphatic heterocycles. The van der Waals surface area contributed by atoms with E-state index in [1.165, 1.54) is 7.05 Å². The highest BCUT2D eigenvalue weighted by Crippen LogP contribution is 2.21. The molecular weight excluding hydrogens is 412 g/mol. The molecule has 0 fully saturated rings. The molecule has 32 heavy (non-hydrogen) atoms. The van der Waals surface area contributed by atoms with Gasteiger partial charge in [0.2, 0.25) is 24.3 Å². The monoisotopic (exact) mass is 448 g/mol. The third-order valence-corrected chi connectivity index (χ3v) is 5.07. The summed E-state index contributed by atoms with van der Waals surface area (Å²) in [6, 6.07) is 7.47. The highest BCUT2D eigenvalue weighted by molar-refractivity contribution is 5.93. The molecule has 0 saturated heterocycles. The van der Waals surface area contributed by atoms with Crippen molar-refractivity contribution < 1.29 is 19.3 Å². The second-order valence-electron chi connectivity index (χ2n) is 9.51. The maximum Gasteiger partial charge on any atom is 0.243 e. The Hall–Kier alpha value is -2.97. The molecule has 9 heteroatoms. The Kier molecular flexibility index (Phi) is 10.3. The Morgan fingerprint density at radius 3 is 2.06 bits per heavy atom. The number of nitro groups is 1. The van der Waals surface area contributed by atoms with E-state index < -0.39 is 46.7 Å². The molecule has 3 N–H and O–H groups in total. The smallest absolute Gasteiger partial charge is 0.243 e. The molecule has 0 radical (unpaired) electrons. The molecule has 0 saturated carbocycles. The average molecular weight is 449 g/mol. The minimum Gasteiger partial charge on any atom is -0.357 e. The van der Waals surface area contributed by atoms with Crippen molar-refractivity contribution in [3.8, 4) is 0 Å². The van der Waals surface area contributed by atoms with Gasteiger partial charge in [-0.15, -0.1) is 0 Å². The largest absolute Gasteiger partial charge is 0.357 e. The number of benzene rings is 1. The van der Waals surface area contributed by atoms with Gasteiger partial charge in [-0.2, -0.15) is 0 Å². The lowest BCUT2D eigenvalue weighted by Gasteiger charge is -2.32. The number of amides is 3. The molecule has 0 heterocycles. The molecule has 0 bridgehead atoms. The first-order chi connectivity index (χ1) is 14.8. The van der Waals surface area contributed by atoms with Gasteiger partial charge in [0, 0.05) is 18.4 Å². The lowest BCUT2D eigenvalue weighted by Crippen LogP contribution is -2.59. The van der Waals surface area contributed by atoms with Crippen molar-refractivity contribution >= 4 is 17.7 Å². The summed E-state index contributed by atoms with van der Waals surface area (Å²) in [5.74, 6) is -2.17. The number of likely N-dealkylation sites (N-methyl/N-ethyl adjacent to an activating group) is 1. The van der Waals surface area contributed by atoms with Crippen LogP contribution in [0.4, 0.5) is 0 Å². The van der Waals surface area contributed by atoms with E-state index in [2.05, 4.69) is 16.0 Å². The molecule has 1 aromatic carbocycles. The quantitative estimate of drug-likeness (QED) is 0.352. The van der Waals surface area contributed by atoms with Crippen LogP contribution in [0.15, 0.2) is 30.3 Å². The van der Waals surface area contributed by atoms with Gasteiger partial charge in [-0.1, -0.05) is 65.0 Å². The second kappa shape index (κ2) is 12.2. The third-order valence-electron chi connectivity index (χ3n) is 5.07. The van der Waals surface area contributed by atoms with Gasteiger partial charge in [-0.3, -0.25) is 24.5 Å². The van der Waals surface area contributed by atoms with Gasteiger partial charge in [0.1, 0.15) is 18.0 Å². The third kappa shape index (κ3) is 9.03. The lowest BCUT2D eigenvalue weighted by atomic mass is 9.85. The molecule has 1 rings (SSSR count). The number of nitrogens with one attached hydrogen (secondary N) is 3. The first-order valence-electron chi connectivity index (χ1n) is 10.8. The van der Waals surface area contributed by atoms with Gasteiger partial charge in [-0.05, 0) is 23.3 Å². The van der Waals surface area contributed by atoms with E-state index in [0.29, 0.717) is 6.42 Å². The van der Waals surface area contributed by atoms with Crippen LogP contribution >= 0.6 is 0 Å². The summed E-state index contributed by atoms with van der Waals surface area (Å²) in [5, 5.41) is 19.1. The van der Waals surface area contributed by atoms with Gasteiger partial charge < -0.3 is 16.0 Å². The van der Waals surface area contributed by atoms with E-state index in [4.69, 9.17) is 0 Å². The maximum atomic E-state index is 13.2. The number of rotatable bonds is 11. The van der Waals surface area contributed by atoms with Crippen LogP contribution in [0.1, 0.15) is 46.6 Å². The van der Waals surface area contributed by atoms with Crippen LogP contribution in [0.3, 0.4) is 0 Å². The first kappa shape index (κ1) is 27.1. The van der Waals surface area contributed by atoms with E-state index in [0.717, 1.165) is 5.56 Å². The van der Waals surface area contributed by atoms with E-state index in [1.54, 1.807) is 20.8 Å². The second-order valence-corrected chi connectivity index (χ2v) is 9.51. The maximum absolute atomic E-state index is 13.2. The predicted octanol–water partition coefficient (Wildman–Crippen LogP) is 1.93. The van der Waals surface area contributed by atoms with Crippen molar-refractivity contribution in [3.05, 3.63) is 46.0 Å². The van der Waals surface area contributed by atoms with E-state index >= 15 is 0 Å². The van der Waals surface area contributed by atoms with Gasteiger partial charge in [0.15, 0.2) is 0 Å². The van der Waals surface area contributed by atoms with Crippen LogP contribution in [0.2, 0.25) is 0 Å². The summed E-state index contributed by atoms with van der Waals surface area (Å²) in [7, 11) is 1.49. The van der Waals surface area contributed by atoms with Crippen LogP contribution in [-0.4, -0.2) is 48.3 Å². The summed E-state index contributed by atoms with van der Waals surface area (Å²) < 4.78 is 0. The Morgan fingerprint density at radius 1 is 1.00 bits per heavy atom. The Labute approximate surface area is 189 Å². The molecule has 9 nitrogen and oxygen atoms in total. The minimum atomic E-state index is -0.973. The van der Waals surface area contributed by atoms with Gasteiger partial charge in [-0.25, -0.2) is 0 Å². The first-order valence-corrected chi connectivity index (χ1v) is 10.8. The zero-order chi connectivity index (χ0) is 24.5. The molecule has 3 amide bonds. The number of hydrogen-bond acceptors (Lipinski definition) is 5. The van der Waals surface area contributed by atoms with E-state index in [9.17, 15) is 24.5 Å². The summed E-state index contributed by atoms with van der Waals surface area (Å²) in [6.07, 6.45) is 0.620. The Balaban J connectivity index is 3.05. The van der Waals surface area contributed by atoms with Gasteiger partial charge in [0.25, 0.3) is 0 Å². The van der Waals surface area contributed by atoms with Crippen molar-refractivity contribution in [2.45, 2.75) is 59.5 Å². The van der Waals surface area contributed by atoms with Crippen molar-refractivity contribution in [1.82, 2.24) is 16.0 Å². The van der Waals surface area contributed by atoms with E-state index in [-0.39, 0.29) is 18.2 Å². The summed E-state index contributed by atoms with van der Waals surface area (Å²) >= 11 is 0. The predicted molar refractivity (Wildman–Crippen MR) is 122 cm³/mol. The van der Waals surface area contributed by atoms with Gasteiger partial charge in [0.05, 0.1) is 0 Å². The van der Waals surface area contributed by atoms with Crippen molar-refractivity contribution in [3.63, 3.8) is 0 Å². The minimum absolute atomic E-state index is 0.0797. The number of carbonyl (C=O) groups excluding carboxylic acids is 3. The Bertz CT molecular complexity index is 789. The molecule has 0 unspecified atom stereocenters.